The van der Waals surface area contributed by atoms with Gasteiger partial charge >= 0.3 is 0 Å². The highest BCUT2D eigenvalue weighted by atomic mass is 35.5. The molecule has 0 aliphatic heterocycles. The number of rotatable bonds is 3. The summed E-state index contributed by atoms with van der Waals surface area (Å²) in [6.07, 6.45) is 6.06. The van der Waals surface area contributed by atoms with Crippen LogP contribution in [0.5, 0.6) is 0 Å². The van der Waals surface area contributed by atoms with Crippen molar-refractivity contribution in [1.29, 1.82) is 0 Å². The van der Waals surface area contributed by atoms with Crippen LogP contribution in [0.2, 0.25) is 5.02 Å². The predicted molar refractivity (Wildman–Crippen MR) is 87.8 cm³/mol. The van der Waals surface area contributed by atoms with Gasteiger partial charge in [-0.05, 0) is 47.6 Å². The van der Waals surface area contributed by atoms with E-state index in [2.05, 4.69) is 24.3 Å². The molecular weight excluding hydrogens is 280 g/mol. The Labute approximate surface area is 131 Å². The molecule has 1 nitrogen and oxygen atoms in total. The molecule has 1 fully saturated rings. The van der Waals surface area contributed by atoms with E-state index in [4.69, 9.17) is 11.6 Å². The van der Waals surface area contributed by atoms with Crippen LogP contribution >= 0.6 is 11.6 Å². The van der Waals surface area contributed by atoms with Gasteiger partial charge in [-0.3, -0.25) is 0 Å². The number of benzene rings is 2. The lowest BCUT2D eigenvalue weighted by Gasteiger charge is -2.22. The molecule has 2 heteroatoms. The Morgan fingerprint density at radius 3 is 2.29 bits per heavy atom. The second-order valence-corrected chi connectivity index (χ2v) is 6.40. The van der Waals surface area contributed by atoms with Crippen molar-refractivity contribution in [3.05, 3.63) is 70.2 Å². The molecule has 110 valence electrons. The van der Waals surface area contributed by atoms with E-state index in [0.29, 0.717) is 10.9 Å². The van der Waals surface area contributed by atoms with Crippen molar-refractivity contribution >= 4 is 11.6 Å². The summed E-state index contributed by atoms with van der Waals surface area (Å²) in [6, 6.07) is 15.9. The molecule has 0 bridgehead atoms. The molecule has 0 heterocycles. The van der Waals surface area contributed by atoms with Crippen LogP contribution in [0.15, 0.2) is 48.5 Å². The van der Waals surface area contributed by atoms with E-state index in [1.165, 1.54) is 37.7 Å². The highest BCUT2D eigenvalue weighted by Crippen LogP contribution is 2.33. The van der Waals surface area contributed by atoms with E-state index in [-0.39, 0.29) is 0 Å². The van der Waals surface area contributed by atoms with Gasteiger partial charge in [0.25, 0.3) is 0 Å². The molecule has 0 radical (unpaired) electrons. The normalized spacial score (nSPS) is 17.6. The minimum atomic E-state index is -0.607. The zero-order chi connectivity index (χ0) is 14.7. The molecule has 21 heavy (non-hydrogen) atoms. The monoisotopic (exact) mass is 300 g/mol. The first-order valence-corrected chi connectivity index (χ1v) is 8.15. The number of hydrogen-bond acceptors (Lipinski definition) is 1. The first-order chi connectivity index (χ1) is 10.2. The van der Waals surface area contributed by atoms with Crippen LogP contribution in [0, 0.1) is 0 Å². The maximum absolute atomic E-state index is 10.5. The van der Waals surface area contributed by atoms with E-state index < -0.39 is 6.10 Å². The molecule has 0 aromatic heterocycles. The van der Waals surface area contributed by atoms with Crippen LogP contribution in [-0.4, -0.2) is 5.11 Å². The van der Waals surface area contributed by atoms with Crippen molar-refractivity contribution in [3.8, 4) is 0 Å². The molecule has 1 aliphatic rings. The zero-order valence-corrected chi connectivity index (χ0v) is 12.9. The van der Waals surface area contributed by atoms with Gasteiger partial charge < -0.3 is 5.11 Å². The molecule has 2 aromatic rings. The summed E-state index contributed by atoms with van der Waals surface area (Å²) in [5.74, 6) is 0.705. The van der Waals surface area contributed by atoms with Gasteiger partial charge in [0.15, 0.2) is 0 Å². The fourth-order valence-corrected chi connectivity index (χ4v) is 3.45. The lowest BCUT2D eigenvalue weighted by atomic mass is 9.83. The summed E-state index contributed by atoms with van der Waals surface area (Å²) < 4.78 is 0. The molecule has 2 aromatic carbocycles. The van der Waals surface area contributed by atoms with Crippen molar-refractivity contribution in [2.45, 2.75) is 44.1 Å². The van der Waals surface area contributed by atoms with Crippen molar-refractivity contribution < 1.29 is 5.11 Å². The van der Waals surface area contributed by atoms with Gasteiger partial charge in [0.2, 0.25) is 0 Å². The van der Waals surface area contributed by atoms with Gasteiger partial charge in [-0.25, -0.2) is 0 Å². The minimum absolute atomic E-state index is 0.607. The van der Waals surface area contributed by atoms with Crippen LogP contribution in [0.1, 0.15) is 60.8 Å². The molecule has 0 saturated heterocycles. The second kappa shape index (κ2) is 6.64. The summed E-state index contributed by atoms with van der Waals surface area (Å²) >= 11 is 5.99. The molecule has 1 N–H and O–H groups in total. The zero-order valence-electron chi connectivity index (χ0n) is 12.1. The first-order valence-electron chi connectivity index (χ1n) is 7.77. The van der Waals surface area contributed by atoms with E-state index in [0.717, 1.165) is 11.1 Å². The fourth-order valence-electron chi connectivity index (χ4n) is 3.26. The Bertz CT molecular complexity index is 585. The molecule has 0 amide bonds. The number of aliphatic hydroxyl groups is 1. The average Bonchev–Trinajstić information content (AvgIpc) is 2.55. The first kappa shape index (κ1) is 14.6. The minimum Gasteiger partial charge on any atom is -0.384 e. The van der Waals surface area contributed by atoms with Gasteiger partial charge in [-0.15, -0.1) is 0 Å². The van der Waals surface area contributed by atoms with Crippen molar-refractivity contribution in [1.82, 2.24) is 0 Å². The van der Waals surface area contributed by atoms with E-state index >= 15 is 0 Å². The molecule has 0 spiro atoms. The number of hydrogen-bond donors (Lipinski definition) is 1. The van der Waals surface area contributed by atoms with Crippen LogP contribution in [0.25, 0.3) is 0 Å². The van der Waals surface area contributed by atoms with Crippen molar-refractivity contribution in [3.63, 3.8) is 0 Å². The van der Waals surface area contributed by atoms with Crippen molar-refractivity contribution in [2.75, 3.05) is 0 Å². The van der Waals surface area contributed by atoms with Crippen LogP contribution in [-0.2, 0) is 0 Å². The molecule has 1 aliphatic carbocycles. The Morgan fingerprint density at radius 1 is 0.905 bits per heavy atom. The van der Waals surface area contributed by atoms with Gasteiger partial charge in [-0.1, -0.05) is 67.3 Å². The molecule has 1 unspecified atom stereocenters. The molecule has 1 atom stereocenters. The smallest absolute Gasteiger partial charge is 0.104 e. The van der Waals surface area contributed by atoms with E-state index in [1.807, 2.05) is 24.3 Å². The maximum Gasteiger partial charge on any atom is 0.104 e. The van der Waals surface area contributed by atoms with Gasteiger partial charge in [-0.2, -0.15) is 0 Å². The SMILES string of the molecule is OC(c1ccc(C2CCCCC2)cc1)c1cccc(Cl)c1. The number of halogens is 1. The largest absolute Gasteiger partial charge is 0.384 e. The molecule has 1 saturated carbocycles. The lowest BCUT2D eigenvalue weighted by molar-refractivity contribution is 0.220. The van der Waals surface area contributed by atoms with Crippen LogP contribution in [0.4, 0.5) is 0 Å². The Morgan fingerprint density at radius 2 is 1.62 bits per heavy atom. The van der Waals surface area contributed by atoms with E-state index in [1.54, 1.807) is 0 Å². The topological polar surface area (TPSA) is 20.2 Å². The average molecular weight is 301 g/mol. The summed E-state index contributed by atoms with van der Waals surface area (Å²) in [4.78, 5) is 0. The van der Waals surface area contributed by atoms with Crippen LogP contribution < -0.4 is 0 Å². The Balaban J connectivity index is 1.77. The fraction of sp³-hybridized carbons (Fsp3) is 0.368. The maximum atomic E-state index is 10.5. The van der Waals surface area contributed by atoms with Gasteiger partial charge in [0.1, 0.15) is 6.10 Å². The van der Waals surface area contributed by atoms with Gasteiger partial charge in [0, 0.05) is 5.02 Å². The number of aliphatic hydroxyl groups excluding tert-OH is 1. The summed E-state index contributed by atoms with van der Waals surface area (Å²) in [6.45, 7) is 0. The molecule has 3 rings (SSSR count). The Hall–Kier alpha value is -1.31. The van der Waals surface area contributed by atoms with Crippen molar-refractivity contribution in [2.24, 2.45) is 0 Å². The quantitative estimate of drug-likeness (QED) is 0.797. The third kappa shape index (κ3) is 3.48. The third-order valence-corrected chi connectivity index (χ3v) is 4.73. The highest BCUT2D eigenvalue weighted by Gasteiger charge is 2.16. The summed E-state index contributed by atoms with van der Waals surface area (Å²) in [5, 5.41) is 11.1. The highest BCUT2D eigenvalue weighted by molar-refractivity contribution is 6.30. The van der Waals surface area contributed by atoms with Gasteiger partial charge in [0.05, 0.1) is 0 Å². The predicted octanol–water partition coefficient (Wildman–Crippen LogP) is 5.47. The lowest BCUT2D eigenvalue weighted by Crippen LogP contribution is -2.05. The summed E-state index contributed by atoms with van der Waals surface area (Å²) in [7, 11) is 0. The van der Waals surface area contributed by atoms with Crippen LogP contribution in [0.3, 0.4) is 0 Å². The Kier molecular flexibility index (Phi) is 4.62. The third-order valence-electron chi connectivity index (χ3n) is 4.49. The van der Waals surface area contributed by atoms with E-state index in [9.17, 15) is 5.11 Å². The molecular formula is C19H21ClO. The summed E-state index contributed by atoms with van der Waals surface area (Å²) in [5.41, 5.74) is 3.18. The second-order valence-electron chi connectivity index (χ2n) is 5.96. The standard InChI is InChI=1S/C19H21ClO/c20-18-8-4-7-17(13-18)19(21)16-11-9-15(10-12-16)14-5-2-1-3-6-14/h4,7-14,19,21H,1-3,5-6H2.